The molecule has 0 spiro atoms. The molecule has 2 amide bonds. The fourth-order valence-corrected chi connectivity index (χ4v) is 4.36. The van der Waals surface area contributed by atoms with Crippen LogP contribution in [0.5, 0.6) is 0 Å². The summed E-state index contributed by atoms with van der Waals surface area (Å²) in [6.45, 7) is 7.72. The zero-order valence-corrected chi connectivity index (χ0v) is 19.9. The summed E-state index contributed by atoms with van der Waals surface area (Å²) in [6.07, 6.45) is 3.24. The molecule has 0 unspecified atom stereocenters. The molecule has 2 aliphatic heterocycles. The van der Waals surface area contributed by atoms with Crippen molar-refractivity contribution in [2.75, 3.05) is 54.9 Å². The van der Waals surface area contributed by atoms with Crippen molar-refractivity contribution in [2.24, 2.45) is 0 Å². The van der Waals surface area contributed by atoms with Gasteiger partial charge in [0.25, 0.3) is 0 Å². The summed E-state index contributed by atoms with van der Waals surface area (Å²) in [7, 11) is 0. The maximum absolute atomic E-state index is 12.2. The largest absolute Gasteiger partial charge is 0.378 e. The van der Waals surface area contributed by atoms with Crippen molar-refractivity contribution in [1.82, 2.24) is 15.0 Å². The lowest BCUT2D eigenvalue weighted by molar-refractivity contribution is 0.122. The second kappa shape index (κ2) is 10.7. The van der Waals surface area contributed by atoms with E-state index in [0.717, 1.165) is 75.1 Å². The number of hydrogen-bond donors (Lipinski definition) is 2. The van der Waals surface area contributed by atoms with Gasteiger partial charge in [-0.1, -0.05) is 29.4 Å². The Kier molecular flexibility index (Phi) is 7.06. The van der Waals surface area contributed by atoms with Crippen LogP contribution in [0.1, 0.15) is 23.4 Å². The first kappa shape index (κ1) is 23.1. The summed E-state index contributed by atoms with van der Waals surface area (Å²) < 4.78 is 10.5. The molecule has 0 bridgehead atoms. The third kappa shape index (κ3) is 6.06. The second-order valence-corrected chi connectivity index (χ2v) is 8.81. The third-order valence-corrected chi connectivity index (χ3v) is 6.15. The minimum atomic E-state index is -0.365. The van der Waals surface area contributed by atoms with Gasteiger partial charge in [0.05, 0.1) is 24.6 Å². The Labute approximate surface area is 204 Å². The highest BCUT2D eigenvalue weighted by Crippen LogP contribution is 2.25. The number of pyridine rings is 1. The quantitative estimate of drug-likeness (QED) is 0.554. The fraction of sp³-hybridized carbons (Fsp3) is 0.346. The number of aromatic nitrogens is 2. The van der Waals surface area contributed by atoms with Crippen molar-refractivity contribution in [2.45, 2.75) is 19.9 Å². The van der Waals surface area contributed by atoms with E-state index in [-0.39, 0.29) is 6.03 Å². The molecule has 4 heterocycles. The highest BCUT2D eigenvalue weighted by Gasteiger charge is 2.17. The molecule has 2 aliphatic rings. The van der Waals surface area contributed by atoms with Crippen LogP contribution in [-0.4, -0.2) is 60.5 Å². The summed E-state index contributed by atoms with van der Waals surface area (Å²) in [5.41, 5.74) is 4.94. The van der Waals surface area contributed by atoms with Crippen molar-refractivity contribution < 1.29 is 14.1 Å². The molecule has 2 aromatic heterocycles. The molecule has 0 saturated carbocycles. The number of anilines is 3. The molecule has 9 heteroatoms. The molecule has 35 heavy (non-hydrogen) atoms. The van der Waals surface area contributed by atoms with Gasteiger partial charge in [0.1, 0.15) is 5.82 Å². The van der Waals surface area contributed by atoms with Crippen molar-refractivity contribution in [3.8, 4) is 0 Å². The Bertz CT molecular complexity index is 1200. The number of nitrogens with one attached hydrogen (secondary N) is 2. The highest BCUT2D eigenvalue weighted by molar-refractivity contribution is 5.98. The summed E-state index contributed by atoms with van der Waals surface area (Å²) >= 11 is 0. The topological polar surface area (TPSA) is 95.8 Å². The number of hydrogen-bond acceptors (Lipinski definition) is 7. The van der Waals surface area contributed by atoms with E-state index < -0.39 is 0 Å². The molecule has 2 N–H and O–H groups in total. The van der Waals surface area contributed by atoms with E-state index >= 15 is 0 Å². The van der Waals surface area contributed by atoms with Gasteiger partial charge in [-0.2, -0.15) is 0 Å². The fourth-order valence-electron chi connectivity index (χ4n) is 4.36. The predicted octanol–water partition coefficient (Wildman–Crippen LogP) is 4.15. The Balaban J connectivity index is 1.17. The zero-order chi connectivity index (χ0) is 24.0. The van der Waals surface area contributed by atoms with Crippen molar-refractivity contribution >= 4 is 29.0 Å². The van der Waals surface area contributed by atoms with Crippen LogP contribution in [0.3, 0.4) is 0 Å². The number of morpholine rings is 1. The van der Waals surface area contributed by atoms with E-state index in [4.69, 9.17) is 14.2 Å². The van der Waals surface area contributed by atoms with Gasteiger partial charge in [0.2, 0.25) is 5.88 Å². The molecule has 5 rings (SSSR count). The van der Waals surface area contributed by atoms with Gasteiger partial charge >= 0.3 is 6.03 Å². The molecular weight excluding hydrogens is 444 g/mol. The van der Waals surface area contributed by atoms with Crippen LogP contribution in [0.4, 0.5) is 22.2 Å². The molecule has 3 aromatic rings. The minimum Gasteiger partial charge on any atom is -0.378 e. The van der Waals surface area contributed by atoms with Crippen LogP contribution in [0.15, 0.2) is 59.1 Å². The predicted molar refractivity (Wildman–Crippen MR) is 135 cm³/mol. The number of carbonyl (C=O) groups excluding carboxylic acids is 1. The lowest BCUT2D eigenvalue weighted by Crippen LogP contribution is -2.36. The average molecular weight is 475 g/mol. The molecular formula is C26H30N6O3. The number of amides is 2. The lowest BCUT2D eigenvalue weighted by Gasteiger charge is -2.29. The van der Waals surface area contributed by atoms with Crippen molar-refractivity contribution in [3.63, 3.8) is 0 Å². The smallest absolute Gasteiger partial charge is 0.326 e. The number of carbonyl (C=O) groups is 1. The van der Waals surface area contributed by atoms with Crippen LogP contribution >= 0.6 is 0 Å². The van der Waals surface area contributed by atoms with Crippen LogP contribution in [0, 0.1) is 6.92 Å². The second-order valence-electron chi connectivity index (χ2n) is 8.81. The van der Waals surface area contributed by atoms with Crippen molar-refractivity contribution in [1.29, 1.82) is 0 Å². The molecule has 1 saturated heterocycles. The van der Waals surface area contributed by atoms with Gasteiger partial charge in [-0.3, -0.25) is 10.2 Å². The first-order valence-electron chi connectivity index (χ1n) is 11.9. The standard InChI is InChI=1S/C26H30N6O3/c1-19-16-25(35-30-19)29-26(33)27-22-5-2-4-20(17-22)18-31-10-8-21(9-11-31)23-6-3-7-24(28-23)32-12-14-34-15-13-32/h2-8,16-17H,9-15,18H2,1H3,(H2,27,29,33). The molecule has 0 aliphatic carbocycles. The normalized spacial score (nSPS) is 16.6. The monoisotopic (exact) mass is 474 g/mol. The minimum absolute atomic E-state index is 0.317. The summed E-state index contributed by atoms with van der Waals surface area (Å²) in [5.74, 6) is 1.35. The summed E-state index contributed by atoms with van der Waals surface area (Å²) in [4.78, 5) is 21.9. The molecule has 1 fully saturated rings. The molecule has 0 radical (unpaired) electrons. The number of aryl methyl sites for hydroxylation is 1. The maximum Gasteiger partial charge on any atom is 0.326 e. The molecule has 182 valence electrons. The molecule has 0 atom stereocenters. The first-order chi connectivity index (χ1) is 17.1. The van der Waals surface area contributed by atoms with Gasteiger partial charge in [-0.15, -0.1) is 0 Å². The molecule has 9 nitrogen and oxygen atoms in total. The molecule has 1 aromatic carbocycles. The Morgan fingerprint density at radius 1 is 1.06 bits per heavy atom. The van der Waals surface area contributed by atoms with Crippen LogP contribution < -0.4 is 15.5 Å². The number of urea groups is 1. The zero-order valence-electron chi connectivity index (χ0n) is 19.9. The van der Waals surface area contributed by atoms with Crippen LogP contribution in [-0.2, 0) is 11.3 Å². The number of ether oxygens (including phenoxy) is 1. The lowest BCUT2D eigenvalue weighted by atomic mass is 10.0. The van der Waals surface area contributed by atoms with Gasteiger partial charge in [0, 0.05) is 44.5 Å². The van der Waals surface area contributed by atoms with Crippen molar-refractivity contribution in [3.05, 3.63) is 71.6 Å². The first-order valence-corrected chi connectivity index (χ1v) is 11.9. The van der Waals surface area contributed by atoms with E-state index in [2.05, 4.69) is 55.9 Å². The van der Waals surface area contributed by atoms with E-state index in [1.165, 1.54) is 5.57 Å². The average Bonchev–Trinajstić information content (AvgIpc) is 3.29. The third-order valence-electron chi connectivity index (χ3n) is 6.15. The van der Waals surface area contributed by atoms with Crippen LogP contribution in [0.25, 0.3) is 5.57 Å². The number of nitrogens with zero attached hydrogens (tertiary/aromatic N) is 4. The number of rotatable bonds is 6. The van der Waals surface area contributed by atoms with Gasteiger partial charge in [-0.25, -0.2) is 9.78 Å². The Morgan fingerprint density at radius 3 is 2.69 bits per heavy atom. The maximum atomic E-state index is 12.2. The van der Waals surface area contributed by atoms with E-state index in [0.29, 0.717) is 11.6 Å². The van der Waals surface area contributed by atoms with E-state index in [9.17, 15) is 4.79 Å². The Morgan fingerprint density at radius 2 is 1.91 bits per heavy atom. The van der Waals surface area contributed by atoms with Gasteiger partial charge in [-0.05, 0) is 48.7 Å². The Hall–Kier alpha value is -3.69. The highest BCUT2D eigenvalue weighted by atomic mass is 16.5. The van der Waals surface area contributed by atoms with Gasteiger partial charge in [0.15, 0.2) is 0 Å². The van der Waals surface area contributed by atoms with E-state index in [1.807, 2.05) is 18.2 Å². The summed E-state index contributed by atoms with van der Waals surface area (Å²) in [5, 5.41) is 9.26. The SMILES string of the molecule is Cc1cc(NC(=O)Nc2cccc(CN3CC=C(c4cccc(N5CCOCC5)n4)CC3)c2)on1. The summed E-state index contributed by atoms with van der Waals surface area (Å²) in [6, 6.07) is 15.5. The van der Waals surface area contributed by atoms with E-state index in [1.54, 1.807) is 13.0 Å². The van der Waals surface area contributed by atoms with Gasteiger partial charge < -0.3 is 19.5 Å². The number of benzene rings is 1. The van der Waals surface area contributed by atoms with Crippen LogP contribution in [0.2, 0.25) is 0 Å².